The van der Waals surface area contributed by atoms with Crippen molar-refractivity contribution < 1.29 is 20.1 Å². The standard InChI is InChI=1S/C9H11BrO4S/c10-4-3-5(11)8(12)6-1-2-7(15-6)9(13)14/h1-2,5,8,11-12H,3-4H2,(H,13,14). The van der Waals surface area contributed by atoms with Gasteiger partial charge < -0.3 is 15.3 Å². The van der Waals surface area contributed by atoms with Gasteiger partial charge in [0.1, 0.15) is 11.0 Å². The van der Waals surface area contributed by atoms with Crippen molar-refractivity contribution >= 4 is 33.2 Å². The quantitative estimate of drug-likeness (QED) is 0.721. The lowest BCUT2D eigenvalue weighted by Gasteiger charge is -2.14. The normalized spacial score (nSPS) is 14.9. The van der Waals surface area contributed by atoms with Crippen LogP contribution < -0.4 is 0 Å². The summed E-state index contributed by atoms with van der Waals surface area (Å²) in [5.41, 5.74) is 0. The molecule has 0 bridgehead atoms. The largest absolute Gasteiger partial charge is 0.477 e. The zero-order valence-electron chi connectivity index (χ0n) is 7.76. The third-order valence-electron chi connectivity index (χ3n) is 1.90. The van der Waals surface area contributed by atoms with Gasteiger partial charge in [-0.05, 0) is 18.6 Å². The number of carboxylic acid groups (broad SMARTS) is 1. The minimum Gasteiger partial charge on any atom is -0.477 e. The molecule has 0 aliphatic rings. The smallest absolute Gasteiger partial charge is 0.345 e. The van der Waals surface area contributed by atoms with Crippen LogP contribution in [0.25, 0.3) is 0 Å². The van der Waals surface area contributed by atoms with E-state index in [9.17, 15) is 15.0 Å². The SMILES string of the molecule is O=C(O)c1ccc(C(O)C(O)CCBr)s1. The number of carbonyl (C=O) groups is 1. The van der Waals surface area contributed by atoms with Crippen molar-refractivity contribution in [3.63, 3.8) is 0 Å². The van der Waals surface area contributed by atoms with Crippen LogP contribution in [0.2, 0.25) is 0 Å². The molecule has 84 valence electrons. The maximum atomic E-state index is 10.6. The van der Waals surface area contributed by atoms with Gasteiger partial charge in [0.15, 0.2) is 0 Å². The highest BCUT2D eigenvalue weighted by Gasteiger charge is 2.20. The number of rotatable bonds is 5. The van der Waals surface area contributed by atoms with Crippen LogP contribution in [0.1, 0.15) is 27.1 Å². The molecule has 0 radical (unpaired) electrons. The molecule has 3 N–H and O–H groups in total. The van der Waals surface area contributed by atoms with Gasteiger partial charge in [-0.2, -0.15) is 0 Å². The molecule has 2 atom stereocenters. The van der Waals surface area contributed by atoms with Crippen molar-refractivity contribution in [2.75, 3.05) is 5.33 Å². The average molecular weight is 295 g/mol. The number of hydrogen-bond acceptors (Lipinski definition) is 4. The zero-order chi connectivity index (χ0) is 11.4. The van der Waals surface area contributed by atoms with E-state index in [0.29, 0.717) is 16.6 Å². The molecule has 1 aromatic rings. The average Bonchev–Trinajstić information content (AvgIpc) is 2.65. The van der Waals surface area contributed by atoms with Crippen molar-refractivity contribution in [3.05, 3.63) is 21.9 Å². The van der Waals surface area contributed by atoms with Gasteiger partial charge in [0.25, 0.3) is 0 Å². The van der Waals surface area contributed by atoms with Gasteiger partial charge in [-0.15, -0.1) is 11.3 Å². The molecule has 0 saturated heterocycles. The molecule has 0 aliphatic heterocycles. The van der Waals surface area contributed by atoms with Crippen LogP contribution in [0.4, 0.5) is 0 Å². The van der Waals surface area contributed by atoms with E-state index in [-0.39, 0.29) is 4.88 Å². The summed E-state index contributed by atoms with van der Waals surface area (Å²) in [7, 11) is 0. The maximum Gasteiger partial charge on any atom is 0.345 e. The summed E-state index contributed by atoms with van der Waals surface area (Å²) in [6.45, 7) is 0. The molecule has 0 aliphatic carbocycles. The van der Waals surface area contributed by atoms with Crippen LogP contribution in [-0.4, -0.2) is 32.7 Å². The number of carboxylic acids is 1. The minimum absolute atomic E-state index is 0.162. The van der Waals surface area contributed by atoms with Crippen molar-refractivity contribution in [1.82, 2.24) is 0 Å². The van der Waals surface area contributed by atoms with Crippen LogP contribution in [0.5, 0.6) is 0 Å². The summed E-state index contributed by atoms with van der Waals surface area (Å²) >= 11 is 4.14. The highest BCUT2D eigenvalue weighted by Crippen LogP contribution is 2.26. The Morgan fingerprint density at radius 1 is 1.47 bits per heavy atom. The lowest BCUT2D eigenvalue weighted by atomic mass is 10.1. The summed E-state index contributed by atoms with van der Waals surface area (Å²) < 4.78 is 0. The summed E-state index contributed by atoms with van der Waals surface area (Å²) in [6.07, 6.45) is -1.47. The van der Waals surface area contributed by atoms with E-state index in [4.69, 9.17) is 5.11 Å². The fourth-order valence-corrected chi connectivity index (χ4v) is 2.45. The fraction of sp³-hybridized carbons (Fsp3) is 0.444. The second-order valence-electron chi connectivity index (χ2n) is 3.00. The number of halogens is 1. The summed E-state index contributed by atoms with van der Waals surface area (Å²) in [5.74, 6) is -1.02. The van der Waals surface area contributed by atoms with Crippen LogP contribution in [0.15, 0.2) is 12.1 Å². The predicted octanol–water partition coefficient (Wildman–Crippen LogP) is 1.63. The van der Waals surface area contributed by atoms with Crippen LogP contribution in [0.3, 0.4) is 0 Å². The van der Waals surface area contributed by atoms with Crippen LogP contribution >= 0.6 is 27.3 Å². The van der Waals surface area contributed by atoms with Gasteiger partial charge >= 0.3 is 5.97 Å². The molecule has 1 rings (SSSR count). The molecule has 0 aromatic carbocycles. The third kappa shape index (κ3) is 3.27. The summed E-state index contributed by atoms with van der Waals surface area (Å²) in [5, 5.41) is 28.4. The van der Waals surface area contributed by atoms with Crippen molar-refractivity contribution in [2.24, 2.45) is 0 Å². The number of aliphatic hydroxyl groups is 2. The van der Waals surface area contributed by atoms with E-state index < -0.39 is 18.2 Å². The number of aliphatic hydroxyl groups excluding tert-OH is 2. The summed E-state index contributed by atoms with van der Waals surface area (Å²) in [6, 6.07) is 2.95. The molecule has 1 aromatic heterocycles. The molecule has 0 fully saturated rings. The first-order chi connectivity index (χ1) is 7.06. The molecule has 0 amide bonds. The Kier molecular flexibility index (Phi) is 4.72. The molecule has 15 heavy (non-hydrogen) atoms. The number of alkyl halides is 1. The lowest BCUT2D eigenvalue weighted by molar-refractivity contribution is 0.0195. The van der Waals surface area contributed by atoms with Gasteiger partial charge in [-0.1, -0.05) is 15.9 Å². The van der Waals surface area contributed by atoms with E-state index in [1.54, 1.807) is 0 Å². The Morgan fingerprint density at radius 3 is 2.60 bits per heavy atom. The van der Waals surface area contributed by atoms with Gasteiger partial charge in [-0.25, -0.2) is 4.79 Å². The van der Waals surface area contributed by atoms with Gasteiger partial charge in [0.2, 0.25) is 0 Å². The number of thiophene rings is 1. The van der Waals surface area contributed by atoms with Crippen molar-refractivity contribution in [2.45, 2.75) is 18.6 Å². The lowest BCUT2D eigenvalue weighted by Crippen LogP contribution is -2.17. The molecule has 6 heteroatoms. The van der Waals surface area contributed by atoms with Gasteiger partial charge in [0.05, 0.1) is 6.10 Å². The monoisotopic (exact) mass is 294 g/mol. The fourth-order valence-electron chi connectivity index (χ4n) is 1.09. The van der Waals surface area contributed by atoms with E-state index in [1.807, 2.05) is 0 Å². The maximum absolute atomic E-state index is 10.6. The highest BCUT2D eigenvalue weighted by atomic mass is 79.9. The van der Waals surface area contributed by atoms with Gasteiger partial charge in [-0.3, -0.25) is 0 Å². The van der Waals surface area contributed by atoms with E-state index in [0.717, 1.165) is 11.3 Å². The third-order valence-corrected chi connectivity index (χ3v) is 3.50. The Labute approximate surface area is 99.3 Å². The van der Waals surface area contributed by atoms with Gasteiger partial charge in [0, 0.05) is 10.2 Å². The Balaban J connectivity index is 2.73. The van der Waals surface area contributed by atoms with Crippen molar-refractivity contribution in [1.29, 1.82) is 0 Å². The molecule has 0 saturated carbocycles. The van der Waals surface area contributed by atoms with E-state index >= 15 is 0 Å². The van der Waals surface area contributed by atoms with Crippen molar-refractivity contribution in [3.8, 4) is 0 Å². The predicted molar refractivity (Wildman–Crippen MR) is 60.7 cm³/mol. The van der Waals surface area contributed by atoms with Crippen LogP contribution in [-0.2, 0) is 0 Å². The first-order valence-electron chi connectivity index (χ1n) is 4.31. The van der Waals surface area contributed by atoms with E-state index in [1.165, 1.54) is 12.1 Å². The zero-order valence-corrected chi connectivity index (χ0v) is 10.2. The molecular formula is C9H11BrO4S. The van der Waals surface area contributed by atoms with E-state index in [2.05, 4.69) is 15.9 Å². The summed E-state index contributed by atoms with van der Waals surface area (Å²) in [4.78, 5) is 11.2. The number of aromatic carboxylic acids is 1. The topological polar surface area (TPSA) is 77.8 Å². The highest BCUT2D eigenvalue weighted by molar-refractivity contribution is 9.09. The molecule has 4 nitrogen and oxygen atoms in total. The Bertz CT molecular complexity index is 339. The second-order valence-corrected chi connectivity index (χ2v) is 4.91. The first kappa shape index (κ1) is 12.6. The molecular weight excluding hydrogens is 284 g/mol. The Morgan fingerprint density at radius 2 is 2.13 bits per heavy atom. The van der Waals surface area contributed by atoms with Crippen LogP contribution in [0, 0.1) is 0 Å². The molecule has 0 spiro atoms. The second kappa shape index (κ2) is 5.60. The first-order valence-corrected chi connectivity index (χ1v) is 6.25. The Hall–Kier alpha value is -0.430. The minimum atomic E-state index is -1.02. The number of hydrogen-bond donors (Lipinski definition) is 3. The molecule has 2 unspecified atom stereocenters. The molecule has 1 heterocycles.